The Bertz CT molecular complexity index is 1020. The minimum atomic E-state index is -1.01. The summed E-state index contributed by atoms with van der Waals surface area (Å²) < 4.78 is 1.18. The molecule has 1 aromatic heterocycles. The lowest BCUT2D eigenvalue weighted by Gasteiger charge is -2.36. The van der Waals surface area contributed by atoms with E-state index >= 15 is 0 Å². The van der Waals surface area contributed by atoms with Crippen molar-refractivity contribution in [3.05, 3.63) is 71.1 Å². The number of hydrogen-bond acceptors (Lipinski definition) is 5. The van der Waals surface area contributed by atoms with Gasteiger partial charge in [0.15, 0.2) is 0 Å². The van der Waals surface area contributed by atoms with Crippen LogP contribution >= 0.6 is 23.7 Å². The van der Waals surface area contributed by atoms with Crippen molar-refractivity contribution in [2.45, 2.75) is 43.3 Å². The fourth-order valence-corrected chi connectivity index (χ4v) is 5.28. The number of thiophene rings is 1. The van der Waals surface area contributed by atoms with Gasteiger partial charge in [-0.25, -0.2) is 0 Å². The van der Waals surface area contributed by atoms with E-state index in [2.05, 4.69) is 28.1 Å². The van der Waals surface area contributed by atoms with E-state index in [1.54, 1.807) is 11.3 Å². The molecule has 0 aliphatic carbocycles. The molecule has 31 heavy (non-hydrogen) atoms. The van der Waals surface area contributed by atoms with Crippen molar-refractivity contribution in [2.75, 3.05) is 6.54 Å². The zero-order chi connectivity index (χ0) is 21.0. The van der Waals surface area contributed by atoms with Gasteiger partial charge in [-0.1, -0.05) is 48.5 Å². The van der Waals surface area contributed by atoms with Crippen molar-refractivity contribution in [2.24, 2.45) is 5.73 Å². The van der Waals surface area contributed by atoms with E-state index in [0.29, 0.717) is 12.8 Å². The molecule has 1 aliphatic rings. The molecule has 1 unspecified atom stereocenters. The highest BCUT2D eigenvalue weighted by molar-refractivity contribution is 7.17. The number of aldehydes is 1. The first-order chi connectivity index (χ1) is 14.6. The van der Waals surface area contributed by atoms with E-state index in [1.165, 1.54) is 4.70 Å². The quantitative estimate of drug-likeness (QED) is 0.453. The van der Waals surface area contributed by atoms with E-state index in [-0.39, 0.29) is 24.4 Å². The molecule has 1 aliphatic heterocycles. The Morgan fingerprint density at radius 3 is 2.68 bits per heavy atom. The van der Waals surface area contributed by atoms with Crippen LogP contribution < -0.4 is 16.4 Å². The number of hydrogen-bond donors (Lipinski definition) is 3. The number of nitrogens with one attached hydrogen (secondary N) is 2. The molecular formula is C24H28ClN3O2S. The number of carbonyl (C=O) groups is 2. The zero-order valence-corrected chi connectivity index (χ0v) is 18.9. The summed E-state index contributed by atoms with van der Waals surface area (Å²) in [7, 11) is 0. The Morgan fingerprint density at radius 2 is 1.97 bits per heavy atom. The number of fused-ring (bicyclic) bond motifs is 1. The molecule has 0 spiro atoms. The Labute approximate surface area is 192 Å². The maximum absolute atomic E-state index is 13.1. The fraction of sp³-hybridized carbons (Fsp3) is 0.333. The zero-order valence-electron chi connectivity index (χ0n) is 17.3. The first kappa shape index (κ1) is 23.4. The molecule has 7 heteroatoms. The summed E-state index contributed by atoms with van der Waals surface area (Å²) in [6, 6.07) is 17.1. The molecule has 5 nitrogen and oxygen atoms in total. The van der Waals surface area contributed by atoms with Gasteiger partial charge in [0.1, 0.15) is 11.8 Å². The third-order valence-corrected chi connectivity index (χ3v) is 6.94. The molecule has 0 radical (unpaired) electrons. The molecule has 2 heterocycles. The average Bonchev–Trinajstić information content (AvgIpc) is 3.45. The lowest BCUT2D eigenvalue weighted by atomic mass is 9.83. The van der Waals surface area contributed by atoms with Crippen molar-refractivity contribution in [1.29, 1.82) is 0 Å². The molecule has 0 saturated carbocycles. The van der Waals surface area contributed by atoms with Crippen molar-refractivity contribution in [1.82, 2.24) is 10.6 Å². The van der Waals surface area contributed by atoms with Gasteiger partial charge in [0.2, 0.25) is 5.91 Å². The monoisotopic (exact) mass is 457 g/mol. The normalized spacial score (nSPS) is 18.7. The van der Waals surface area contributed by atoms with E-state index in [0.717, 1.165) is 42.2 Å². The fourth-order valence-electron chi connectivity index (χ4n) is 4.31. The van der Waals surface area contributed by atoms with Gasteiger partial charge in [-0.05, 0) is 53.8 Å². The standard InChI is InChI=1S/C24H27N3O2S.ClH/c25-20(13-18-15-30-21-10-5-4-9-19(18)21)23(29)27-24(16-28,22-11-6-12-26-22)14-17-7-2-1-3-8-17;/h1-5,7-10,15-16,20,22,26H,6,11-14,25H2,(H,27,29);1H/t20-,22?,24+;/m0./s1. The van der Waals surface area contributed by atoms with Gasteiger partial charge in [0.05, 0.1) is 6.04 Å². The van der Waals surface area contributed by atoms with Crippen LogP contribution in [0.3, 0.4) is 0 Å². The lowest BCUT2D eigenvalue weighted by molar-refractivity contribution is -0.128. The summed E-state index contributed by atoms with van der Waals surface area (Å²) in [5, 5.41) is 9.63. The minimum Gasteiger partial charge on any atom is -0.341 e. The van der Waals surface area contributed by atoms with Gasteiger partial charge in [0, 0.05) is 17.2 Å². The Kier molecular flexibility index (Phi) is 7.84. The smallest absolute Gasteiger partial charge is 0.238 e. The number of amides is 1. The third kappa shape index (κ3) is 5.15. The van der Waals surface area contributed by atoms with Crippen LogP contribution in [0.4, 0.5) is 0 Å². The molecule has 4 rings (SSSR count). The molecule has 2 aromatic carbocycles. The van der Waals surface area contributed by atoms with Gasteiger partial charge < -0.3 is 21.2 Å². The maximum Gasteiger partial charge on any atom is 0.238 e. The second-order valence-electron chi connectivity index (χ2n) is 8.03. The molecule has 3 aromatic rings. The van der Waals surface area contributed by atoms with Crippen LogP contribution in [0.2, 0.25) is 0 Å². The molecule has 0 bridgehead atoms. The van der Waals surface area contributed by atoms with Crippen LogP contribution in [0.5, 0.6) is 0 Å². The Balaban J connectivity index is 0.00000272. The highest BCUT2D eigenvalue weighted by atomic mass is 35.5. The minimum absolute atomic E-state index is 0. The van der Waals surface area contributed by atoms with Crippen LogP contribution in [0.25, 0.3) is 10.1 Å². The number of rotatable bonds is 8. The highest BCUT2D eigenvalue weighted by Gasteiger charge is 2.42. The summed E-state index contributed by atoms with van der Waals surface area (Å²) in [4.78, 5) is 25.5. The highest BCUT2D eigenvalue weighted by Crippen LogP contribution is 2.27. The van der Waals surface area contributed by atoms with E-state index < -0.39 is 11.6 Å². The SMILES string of the molecule is Cl.N[C@@H](Cc1csc2ccccc12)C(=O)N[C@@](C=O)(Cc1ccccc1)C1CCCN1. The second kappa shape index (κ2) is 10.4. The van der Waals surface area contributed by atoms with Crippen molar-refractivity contribution < 1.29 is 9.59 Å². The summed E-state index contributed by atoms with van der Waals surface area (Å²) in [5.74, 6) is -0.290. The van der Waals surface area contributed by atoms with Crippen LogP contribution in [0.15, 0.2) is 60.0 Å². The van der Waals surface area contributed by atoms with Crippen LogP contribution in [-0.4, -0.2) is 36.4 Å². The summed E-state index contributed by atoms with van der Waals surface area (Å²) in [6.07, 6.45) is 3.60. The Morgan fingerprint density at radius 1 is 1.23 bits per heavy atom. The van der Waals surface area contributed by atoms with Gasteiger partial charge in [-0.3, -0.25) is 4.79 Å². The largest absolute Gasteiger partial charge is 0.341 e. The predicted octanol–water partition coefficient (Wildman–Crippen LogP) is 3.24. The summed E-state index contributed by atoms with van der Waals surface area (Å²) in [5.41, 5.74) is 7.38. The van der Waals surface area contributed by atoms with Crippen molar-refractivity contribution >= 4 is 46.0 Å². The van der Waals surface area contributed by atoms with E-state index in [4.69, 9.17) is 5.73 Å². The first-order valence-corrected chi connectivity index (χ1v) is 11.3. The van der Waals surface area contributed by atoms with Crippen LogP contribution in [-0.2, 0) is 22.4 Å². The van der Waals surface area contributed by atoms with Gasteiger partial charge in [0.25, 0.3) is 0 Å². The van der Waals surface area contributed by atoms with Crippen molar-refractivity contribution in [3.8, 4) is 0 Å². The number of nitrogens with two attached hydrogens (primary N) is 1. The van der Waals surface area contributed by atoms with Crippen LogP contribution in [0.1, 0.15) is 24.0 Å². The summed E-state index contributed by atoms with van der Waals surface area (Å²) >= 11 is 1.65. The lowest BCUT2D eigenvalue weighted by Crippen LogP contribution is -2.64. The van der Waals surface area contributed by atoms with Gasteiger partial charge in [-0.2, -0.15) is 0 Å². The molecule has 164 valence electrons. The maximum atomic E-state index is 13.1. The van der Waals surface area contributed by atoms with Crippen LogP contribution in [0, 0.1) is 0 Å². The molecule has 1 saturated heterocycles. The first-order valence-electron chi connectivity index (χ1n) is 10.4. The second-order valence-corrected chi connectivity index (χ2v) is 8.94. The topological polar surface area (TPSA) is 84.2 Å². The number of benzene rings is 2. The predicted molar refractivity (Wildman–Crippen MR) is 129 cm³/mol. The molecule has 1 fully saturated rings. The molecule has 1 amide bonds. The van der Waals surface area contributed by atoms with Gasteiger partial charge in [-0.15, -0.1) is 23.7 Å². The Hall–Kier alpha value is -2.25. The molecule has 4 N–H and O–H groups in total. The van der Waals surface area contributed by atoms with Crippen molar-refractivity contribution in [3.63, 3.8) is 0 Å². The molecule has 3 atom stereocenters. The van der Waals surface area contributed by atoms with Gasteiger partial charge >= 0.3 is 0 Å². The molecular weight excluding hydrogens is 430 g/mol. The average molecular weight is 458 g/mol. The third-order valence-electron chi connectivity index (χ3n) is 5.93. The van der Waals surface area contributed by atoms with E-state index in [9.17, 15) is 9.59 Å². The van der Waals surface area contributed by atoms with E-state index in [1.807, 2.05) is 42.5 Å². The number of halogens is 1. The summed E-state index contributed by atoms with van der Waals surface area (Å²) in [6.45, 7) is 0.845. The number of carbonyl (C=O) groups excluding carboxylic acids is 2.